The number of hydrogen-bond acceptors (Lipinski definition) is 5. The number of hydrogen-bond donors (Lipinski definition) is 1. The molecule has 0 radical (unpaired) electrons. The van der Waals surface area contributed by atoms with Gasteiger partial charge in [0.05, 0.1) is 32.5 Å². The first-order chi connectivity index (χ1) is 13.7. The van der Waals surface area contributed by atoms with Gasteiger partial charge in [0.2, 0.25) is 5.91 Å². The van der Waals surface area contributed by atoms with Crippen LogP contribution in [-0.4, -0.2) is 43.2 Å². The number of nitrogens with zero attached hydrogens (tertiary/aromatic N) is 1. The van der Waals surface area contributed by atoms with Gasteiger partial charge in [-0.15, -0.1) is 0 Å². The van der Waals surface area contributed by atoms with Crippen molar-refractivity contribution in [3.8, 4) is 11.5 Å². The Morgan fingerprint density at radius 2 is 1.86 bits per heavy atom. The predicted octanol–water partition coefficient (Wildman–Crippen LogP) is 3.62. The number of carbonyl (C=O) groups is 1. The Bertz CT molecular complexity index is 694. The summed E-state index contributed by atoms with van der Waals surface area (Å²) >= 11 is 0. The molecule has 2 aromatic rings. The van der Waals surface area contributed by atoms with Crippen LogP contribution >= 0.6 is 0 Å². The molecule has 0 spiro atoms. The third-order valence-corrected chi connectivity index (χ3v) is 4.95. The second-order valence-electron chi connectivity index (χ2n) is 7.03. The zero-order chi connectivity index (χ0) is 19.6. The van der Waals surface area contributed by atoms with Gasteiger partial charge in [0.15, 0.2) is 0 Å². The van der Waals surface area contributed by atoms with Gasteiger partial charge in [-0.2, -0.15) is 0 Å². The molecule has 0 aliphatic heterocycles. The molecule has 6 heteroatoms. The standard InChI is InChI=1S/C22H30N2O4/c1-2-26-19-9-11-20(12-10-19)28-15-13-23-22(25)17-24(18-6-3-4-7-18)16-21-8-5-14-27-21/h5,8-12,14,18H,2-4,6-7,13,15-17H2,1H3,(H,23,25). The van der Waals surface area contributed by atoms with E-state index in [1.54, 1.807) is 6.26 Å². The molecule has 28 heavy (non-hydrogen) atoms. The molecule has 1 saturated carbocycles. The van der Waals surface area contributed by atoms with Crippen LogP contribution in [0.2, 0.25) is 0 Å². The summed E-state index contributed by atoms with van der Waals surface area (Å²) in [7, 11) is 0. The highest BCUT2D eigenvalue weighted by molar-refractivity contribution is 5.78. The van der Waals surface area contributed by atoms with E-state index < -0.39 is 0 Å². The second kappa shape index (κ2) is 10.8. The van der Waals surface area contributed by atoms with Crippen molar-refractivity contribution in [2.24, 2.45) is 0 Å². The lowest BCUT2D eigenvalue weighted by Gasteiger charge is -2.27. The molecule has 1 heterocycles. The summed E-state index contributed by atoms with van der Waals surface area (Å²) in [6.45, 7) is 4.56. The number of rotatable bonds is 11. The maximum Gasteiger partial charge on any atom is 0.234 e. The van der Waals surface area contributed by atoms with E-state index in [4.69, 9.17) is 13.9 Å². The average molecular weight is 386 g/mol. The fourth-order valence-electron chi connectivity index (χ4n) is 3.58. The Labute approximate surface area is 166 Å². The summed E-state index contributed by atoms with van der Waals surface area (Å²) in [4.78, 5) is 14.6. The molecule has 0 unspecified atom stereocenters. The molecule has 1 aliphatic rings. The third-order valence-electron chi connectivity index (χ3n) is 4.95. The van der Waals surface area contributed by atoms with Crippen molar-refractivity contribution in [3.05, 3.63) is 48.4 Å². The largest absolute Gasteiger partial charge is 0.494 e. The zero-order valence-electron chi connectivity index (χ0n) is 16.6. The molecule has 152 valence electrons. The van der Waals surface area contributed by atoms with Gasteiger partial charge >= 0.3 is 0 Å². The van der Waals surface area contributed by atoms with Crippen LogP contribution in [0.15, 0.2) is 47.1 Å². The van der Waals surface area contributed by atoms with Crippen LogP contribution < -0.4 is 14.8 Å². The number of amides is 1. The van der Waals surface area contributed by atoms with Gasteiger partial charge in [0.1, 0.15) is 23.9 Å². The molecule has 1 aromatic carbocycles. The molecule has 3 rings (SSSR count). The van der Waals surface area contributed by atoms with Gasteiger partial charge in [-0.05, 0) is 56.2 Å². The lowest BCUT2D eigenvalue weighted by molar-refractivity contribution is -0.123. The Kier molecular flexibility index (Phi) is 7.79. The minimum Gasteiger partial charge on any atom is -0.494 e. The first-order valence-corrected chi connectivity index (χ1v) is 10.1. The van der Waals surface area contributed by atoms with E-state index in [2.05, 4.69) is 10.2 Å². The molecular weight excluding hydrogens is 356 g/mol. The van der Waals surface area contributed by atoms with Crippen molar-refractivity contribution < 1.29 is 18.7 Å². The summed E-state index contributed by atoms with van der Waals surface area (Å²) < 4.78 is 16.6. The number of carbonyl (C=O) groups excluding carboxylic acids is 1. The number of furan rings is 1. The highest BCUT2D eigenvalue weighted by atomic mass is 16.5. The van der Waals surface area contributed by atoms with Crippen LogP contribution in [0.5, 0.6) is 11.5 Å². The van der Waals surface area contributed by atoms with Crippen molar-refractivity contribution in [2.45, 2.75) is 45.2 Å². The molecule has 1 fully saturated rings. The summed E-state index contributed by atoms with van der Waals surface area (Å²) in [5.41, 5.74) is 0. The van der Waals surface area contributed by atoms with Crippen molar-refractivity contribution in [1.29, 1.82) is 0 Å². The van der Waals surface area contributed by atoms with E-state index in [0.717, 1.165) is 30.1 Å². The Morgan fingerprint density at radius 3 is 2.50 bits per heavy atom. The van der Waals surface area contributed by atoms with Crippen LogP contribution in [0.4, 0.5) is 0 Å². The fourth-order valence-corrected chi connectivity index (χ4v) is 3.58. The lowest BCUT2D eigenvalue weighted by atomic mass is 10.2. The highest BCUT2D eigenvalue weighted by Gasteiger charge is 2.25. The topological polar surface area (TPSA) is 63.9 Å². The minimum atomic E-state index is 0.0220. The van der Waals surface area contributed by atoms with Gasteiger partial charge in [-0.1, -0.05) is 12.8 Å². The zero-order valence-corrected chi connectivity index (χ0v) is 16.6. The highest BCUT2D eigenvalue weighted by Crippen LogP contribution is 2.25. The first kappa shape index (κ1) is 20.3. The van der Waals surface area contributed by atoms with Crippen LogP contribution in [0.3, 0.4) is 0 Å². The van der Waals surface area contributed by atoms with E-state index in [1.807, 2.05) is 43.3 Å². The normalized spacial score (nSPS) is 14.4. The van der Waals surface area contributed by atoms with Crippen LogP contribution in [0, 0.1) is 0 Å². The minimum absolute atomic E-state index is 0.0220. The Hall–Kier alpha value is -2.47. The smallest absolute Gasteiger partial charge is 0.234 e. The quantitative estimate of drug-likeness (QED) is 0.598. The third kappa shape index (κ3) is 6.30. The van der Waals surface area contributed by atoms with Gasteiger partial charge in [0.25, 0.3) is 0 Å². The summed E-state index contributed by atoms with van der Waals surface area (Å²) in [6, 6.07) is 11.8. The maximum absolute atomic E-state index is 12.4. The number of ether oxygens (including phenoxy) is 2. The summed E-state index contributed by atoms with van der Waals surface area (Å²) in [5.74, 6) is 2.52. The van der Waals surface area contributed by atoms with Gasteiger partial charge in [-0.25, -0.2) is 0 Å². The Morgan fingerprint density at radius 1 is 1.14 bits per heavy atom. The molecule has 1 aliphatic carbocycles. The molecule has 0 bridgehead atoms. The molecular formula is C22H30N2O4. The first-order valence-electron chi connectivity index (χ1n) is 10.1. The summed E-state index contributed by atoms with van der Waals surface area (Å²) in [5, 5.41) is 2.96. The lowest BCUT2D eigenvalue weighted by Crippen LogP contribution is -2.42. The Balaban J connectivity index is 1.40. The van der Waals surface area contributed by atoms with Crippen LogP contribution in [-0.2, 0) is 11.3 Å². The van der Waals surface area contributed by atoms with Gasteiger partial charge in [-0.3, -0.25) is 9.69 Å². The summed E-state index contributed by atoms with van der Waals surface area (Å²) in [6.07, 6.45) is 6.44. The monoisotopic (exact) mass is 386 g/mol. The van der Waals surface area contributed by atoms with Crippen LogP contribution in [0.1, 0.15) is 38.4 Å². The SMILES string of the molecule is CCOc1ccc(OCCNC(=O)CN(Cc2ccco2)C2CCCC2)cc1. The second-order valence-corrected chi connectivity index (χ2v) is 7.03. The number of benzene rings is 1. The molecule has 1 N–H and O–H groups in total. The molecule has 0 saturated heterocycles. The van der Waals surface area contributed by atoms with Gasteiger partial charge in [0, 0.05) is 6.04 Å². The fraction of sp³-hybridized carbons (Fsp3) is 0.500. The van der Waals surface area contributed by atoms with Crippen molar-refractivity contribution in [1.82, 2.24) is 10.2 Å². The van der Waals surface area contributed by atoms with E-state index in [1.165, 1.54) is 12.8 Å². The van der Waals surface area contributed by atoms with E-state index in [9.17, 15) is 4.79 Å². The van der Waals surface area contributed by atoms with E-state index in [0.29, 0.717) is 38.9 Å². The van der Waals surface area contributed by atoms with Crippen molar-refractivity contribution in [3.63, 3.8) is 0 Å². The van der Waals surface area contributed by atoms with Crippen molar-refractivity contribution >= 4 is 5.91 Å². The number of nitrogens with one attached hydrogen (secondary N) is 1. The van der Waals surface area contributed by atoms with Crippen LogP contribution in [0.25, 0.3) is 0 Å². The van der Waals surface area contributed by atoms with Gasteiger partial charge < -0.3 is 19.2 Å². The average Bonchev–Trinajstić information content (AvgIpc) is 3.40. The molecule has 1 amide bonds. The molecule has 6 nitrogen and oxygen atoms in total. The molecule has 1 aromatic heterocycles. The van der Waals surface area contributed by atoms with E-state index >= 15 is 0 Å². The van der Waals surface area contributed by atoms with E-state index in [-0.39, 0.29) is 5.91 Å². The van der Waals surface area contributed by atoms with Crippen molar-refractivity contribution in [2.75, 3.05) is 26.3 Å². The maximum atomic E-state index is 12.4. The molecule has 0 atom stereocenters. The predicted molar refractivity (Wildman–Crippen MR) is 107 cm³/mol.